The molecule has 2 aromatic carbocycles. The van der Waals surface area contributed by atoms with E-state index in [1.165, 1.54) is 12.1 Å². The molecule has 2 saturated heterocycles. The molecule has 3 heterocycles. The van der Waals surface area contributed by atoms with E-state index in [9.17, 15) is 14.0 Å². The Hall–Kier alpha value is -3.69. The maximum atomic E-state index is 13.0. The highest BCUT2D eigenvalue weighted by Gasteiger charge is 2.35. The summed E-state index contributed by atoms with van der Waals surface area (Å²) in [5, 5.41) is 14.4. The number of carbonyl (C=O) groups is 2. The molecule has 0 aliphatic carbocycles. The van der Waals surface area contributed by atoms with Crippen LogP contribution in [0.15, 0.2) is 60.7 Å². The molecule has 37 heavy (non-hydrogen) atoms. The summed E-state index contributed by atoms with van der Waals surface area (Å²) in [7, 11) is 0. The van der Waals surface area contributed by atoms with Gasteiger partial charge in [-0.15, -0.1) is 5.10 Å². The molecule has 5 rings (SSSR count). The number of halogens is 1. The van der Waals surface area contributed by atoms with Gasteiger partial charge in [0.2, 0.25) is 11.8 Å². The van der Waals surface area contributed by atoms with E-state index in [0.29, 0.717) is 25.2 Å². The zero-order valence-corrected chi connectivity index (χ0v) is 20.5. The lowest BCUT2D eigenvalue weighted by atomic mass is 10.1. The van der Waals surface area contributed by atoms with Gasteiger partial charge in [-0.2, -0.15) is 5.10 Å². The molecule has 8 nitrogen and oxygen atoms in total. The number of hydrogen-bond acceptors (Lipinski definition) is 6. The molecule has 0 radical (unpaired) electrons. The minimum atomic E-state index is -0.464. The first-order valence-corrected chi connectivity index (χ1v) is 12.6. The lowest BCUT2D eigenvalue weighted by Gasteiger charge is -2.24. The number of aromatic nitrogens is 2. The summed E-state index contributed by atoms with van der Waals surface area (Å²) in [6.45, 7) is 2.77. The Morgan fingerprint density at radius 1 is 1.03 bits per heavy atom. The topological polar surface area (TPSA) is 96.5 Å². The Kier molecular flexibility index (Phi) is 7.82. The number of ether oxygens (including phenoxy) is 1. The SMILES string of the molecule is O=C(Nc1ccc(CCc2ccc(F)cc2)nn1)[C@H]1CC(=O)N(c2ccc(CC3CNCCO3)cc2)C1. The highest BCUT2D eigenvalue weighted by atomic mass is 19.1. The van der Waals surface area contributed by atoms with Crippen LogP contribution in [-0.2, 0) is 33.6 Å². The Bertz CT molecular complexity index is 1210. The van der Waals surface area contributed by atoms with Crippen molar-refractivity contribution >= 4 is 23.3 Å². The molecule has 192 valence electrons. The Morgan fingerprint density at radius 2 is 1.81 bits per heavy atom. The number of benzene rings is 2. The smallest absolute Gasteiger partial charge is 0.231 e. The fourth-order valence-corrected chi connectivity index (χ4v) is 4.67. The van der Waals surface area contributed by atoms with Gasteiger partial charge in [0.25, 0.3) is 0 Å². The van der Waals surface area contributed by atoms with Crippen LogP contribution in [0.1, 0.15) is 23.2 Å². The number of nitrogens with zero attached hydrogens (tertiary/aromatic N) is 3. The van der Waals surface area contributed by atoms with Crippen molar-refractivity contribution < 1.29 is 18.7 Å². The lowest BCUT2D eigenvalue weighted by Crippen LogP contribution is -2.39. The number of aryl methyl sites for hydroxylation is 2. The average Bonchev–Trinajstić information content (AvgIpc) is 3.32. The molecule has 2 N–H and O–H groups in total. The van der Waals surface area contributed by atoms with E-state index < -0.39 is 5.92 Å². The van der Waals surface area contributed by atoms with Crippen molar-refractivity contribution in [2.75, 3.05) is 36.5 Å². The Morgan fingerprint density at radius 3 is 2.51 bits per heavy atom. The van der Waals surface area contributed by atoms with Gasteiger partial charge in [0, 0.05) is 31.7 Å². The van der Waals surface area contributed by atoms with Gasteiger partial charge in [-0.3, -0.25) is 9.59 Å². The minimum absolute atomic E-state index is 0.0741. The maximum absolute atomic E-state index is 13.0. The van der Waals surface area contributed by atoms with Gasteiger partial charge in [-0.05, 0) is 66.8 Å². The molecule has 2 fully saturated rings. The van der Waals surface area contributed by atoms with Crippen LogP contribution < -0.4 is 15.5 Å². The second-order valence-electron chi connectivity index (χ2n) is 9.50. The van der Waals surface area contributed by atoms with Crippen LogP contribution in [0.3, 0.4) is 0 Å². The van der Waals surface area contributed by atoms with E-state index in [1.54, 1.807) is 23.1 Å². The molecule has 0 saturated carbocycles. The van der Waals surface area contributed by atoms with E-state index in [4.69, 9.17) is 4.74 Å². The van der Waals surface area contributed by atoms with E-state index in [-0.39, 0.29) is 30.2 Å². The molecular weight excluding hydrogens is 473 g/mol. The number of nitrogens with one attached hydrogen (secondary N) is 2. The summed E-state index contributed by atoms with van der Waals surface area (Å²) >= 11 is 0. The summed E-state index contributed by atoms with van der Waals surface area (Å²) < 4.78 is 18.8. The first-order chi connectivity index (χ1) is 18.0. The average molecular weight is 504 g/mol. The van der Waals surface area contributed by atoms with Crippen LogP contribution in [0.25, 0.3) is 0 Å². The highest BCUT2D eigenvalue weighted by molar-refractivity contribution is 6.03. The Balaban J connectivity index is 1.12. The van der Waals surface area contributed by atoms with Gasteiger partial charge in [0.15, 0.2) is 5.82 Å². The highest BCUT2D eigenvalue weighted by Crippen LogP contribution is 2.26. The van der Waals surface area contributed by atoms with Crippen molar-refractivity contribution in [3.05, 3.63) is 83.3 Å². The summed E-state index contributed by atoms with van der Waals surface area (Å²) in [6, 6.07) is 17.8. The molecule has 9 heteroatoms. The van der Waals surface area contributed by atoms with Crippen LogP contribution in [0, 0.1) is 11.7 Å². The molecule has 2 amide bonds. The van der Waals surface area contributed by atoms with Gasteiger partial charge in [-0.1, -0.05) is 24.3 Å². The number of anilines is 2. The van der Waals surface area contributed by atoms with E-state index in [1.807, 2.05) is 30.3 Å². The van der Waals surface area contributed by atoms with E-state index >= 15 is 0 Å². The molecule has 2 atom stereocenters. The minimum Gasteiger partial charge on any atom is -0.375 e. The van der Waals surface area contributed by atoms with Crippen LogP contribution in [0.2, 0.25) is 0 Å². The number of rotatable bonds is 8. The number of amides is 2. The van der Waals surface area contributed by atoms with Gasteiger partial charge >= 0.3 is 0 Å². The summed E-state index contributed by atoms with van der Waals surface area (Å²) in [5.41, 5.74) is 3.73. The lowest BCUT2D eigenvalue weighted by molar-refractivity contribution is -0.122. The van der Waals surface area contributed by atoms with Crippen molar-refractivity contribution in [2.45, 2.75) is 31.8 Å². The second kappa shape index (κ2) is 11.6. The predicted molar refractivity (Wildman–Crippen MR) is 138 cm³/mol. The second-order valence-corrected chi connectivity index (χ2v) is 9.50. The predicted octanol–water partition coefficient (Wildman–Crippen LogP) is 2.92. The molecule has 1 unspecified atom stereocenters. The molecule has 1 aromatic heterocycles. The van der Waals surface area contributed by atoms with Crippen molar-refractivity contribution in [3.63, 3.8) is 0 Å². The normalized spacial score (nSPS) is 19.7. The third-order valence-corrected chi connectivity index (χ3v) is 6.77. The van der Waals surface area contributed by atoms with Gasteiger partial charge < -0.3 is 20.3 Å². The third-order valence-electron chi connectivity index (χ3n) is 6.77. The van der Waals surface area contributed by atoms with Gasteiger partial charge in [-0.25, -0.2) is 4.39 Å². The van der Waals surface area contributed by atoms with Crippen LogP contribution >= 0.6 is 0 Å². The van der Waals surface area contributed by atoms with Crippen molar-refractivity contribution in [1.29, 1.82) is 0 Å². The first-order valence-electron chi connectivity index (χ1n) is 12.6. The molecule has 3 aromatic rings. The van der Waals surface area contributed by atoms with Crippen LogP contribution in [0.4, 0.5) is 15.9 Å². The molecule has 0 bridgehead atoms. The number of hydrogen-bond donors (Lipinski definition) is 2. The van der Waals surface area contributed by atoms with Crippen molar-refractivity contribution in [3.8, 4) is 0 Å². The fraction of sp³-hybridized carbons (Fsp3) is 0.357. The monoisotopic (exact) mass is 503 g/mol. The van der Waals surface area contributed by atoms with Gasteiger partial charge in [0.1, 0.15) is 5.82 Å². The van der Waals surface area contributed by atoms with E-state index in [2.05, 4.69) is 20.8 Å². The fourth-order valence-electron chi connectivity index (χ4n) is 4.67. The molecule has 2 aliphatic rings. The van der Waals surface area contributed by atoms with Crippen molar-refractivity contribution in [1.82, 2.24) is 15.5 Å². The number of morpholine rings is 1. The van der Waals surface area contributed by atoms with Crippen molar-refractivity contribution in [2.24, 2.45) is 5.92 Å². The molecular formula is C28H30FN5O3. The molecule has 2 aliphatic heterocycles. The van der Waals surface area contributed by atoms with Gasteiger partial charge in [0.05, 0.1) is 24.3 Å². The van der Waals surface area contributed by atoms with E-state index in [0.717, 1.165) is 48.6 Å². The maximum Gasteiger partial charge on any atom is 0.231 e. The van der Waals surface area contributed by atoms with Crippen LogP contribution in [0.5, 0.6) is 0 Å². The summed E-state index contributed by atoms with van der Waals surface area (Å²) in [4.78, 5) is 27.2. The zero-order valence-electron chi connectivity index (χ0n) is 20.5. The zero-order chi connectivity index (χ0) is 25.6. The molecule has 0 spiro atoms. The quantitative estimate of drug-likeness (QED) is 0.491. The van der Waals surface area contributed by atoms with Crippen LogP contribution in [-0.4, -0.2) is 54.4 Å². The Labute approximate surface area is 215 Å². The first kappa shape index (κ1) is 25.0. The largest absolute Gasteiger partial charge is 0.375 e. The number of carbonyl (C=O) groups excluding carboxylic acids is 2. The standard InChI is InChI=1S/C28H30FN5O3/c29-22-6-1-19(2-7-22)3-8-23-9-12-26(33-32-23)31-28(36)21-16-27(35)34(18-21)24-10-4-20(5-11-24)15-25-17-30-13-14-37-25/h1-2,4-7,9-12,21,25,30H,3,8,13-18H2,(H,31,33,36)/t21-,25?/m0/s1. The summed E-state index contributed by atoms with van der Waals surface area (Å²) in [6.07, 6.45) is 2.50. The summed E-state index contributed by atoms with van der Waals surface area (Å²) in [5.74, 6) is -0.691. The third kappa shape index (κ3) is 6.55.